The summed E-state index contributed by atoms with van der Waals surface area (Å²) in [5.74, 6) is 1.93. The molecule has 0 fully saturated rings. The fourth-order valence-electron chi connectivity index (χ4n) is 2.82. The summed E-state index contributed by atoms with van der Waals surface area (Å²) in [5.41, 5.74) is 1.03. The maximum Gasteiger partial charge on any atom is 0.192 e. The lowest BCUT2D eigenvalue weighted by molar-refractivity contribution is 0.0825. The topological polar surface area (TPSA) is 49.2 Å². The maximum atomic E-state index is 13.1. The lowest BCUT2D eigenvalue weighted by atomic mass is 10.2. The molecular formula is C19H18FN3O2S. The third kappa shape index (κ3) is 3.26. The van der Waals surface area contributed by atoms with Crippen molar-refractivity contribution in [2.75, 3.05) is 6.61 Å². The first-order chi connectivity index (χ1) is 12.6. The lowest BCUT2D eigenvalue weighted by Crippen LogP contribution is -2.24. The minimum Gasteiger partial charge on any atom is -0.485 e. The van der Waals surface area contributed by atoms with Crippen molar-refractivity contribution in [2.24, 2.45) is 7.05 Å². The van der Waals surface area contributed by atoms with Crippen LogP contribution in [0.4, 0.5) is 4.39 Å². The van der Waals surface area contributed by atoms with E-state index < -0.39 is 0 Å². The Morgan fingerprint density at radius 3 is 2.62 bits per heavy atom. The monoisotopic (exact) mass is 371 g/mol. The van der Waals surface area contributed by atoms with Gasteiger partial charge in [0.25, 0.3) is 0 Å². The number of hydrogen-bond donors (Lipinski definition) is 0. The second-order valence-electron chi connectivity index (χ2n) is 6.08. The van der Waals surface area contributed by atoms with Gasteiger partial charge in [-0.1, -0.05) is 36.0 Å². The van der Waals surface area contributed by atoms with Gasteiger partial charge in [0.2, 0.25) is 0 Å². The van der Waals surface area contributed by atoms with Crippen molar-refractivity contribution in [3.8, 4) is 11.5 Å². The molecule has 134 valence electrons. The second-order valence-corrected chi connectivity index (χ2v) is 7.38. The van der Waals surface area contributed by atoms with E-state index in [2.05, 4.69) is 17.1 Å². The number of hydrogen-bond acceptors (Lipinski definition) is 5. The highest BCUT2D eigenvalue weighted by molar-refractivity contribution is 7.99. The largest absolute Gasteiger partial charge is 0.485 e. The summed E-state index contributed by atoms with van der Waals surface area (Å²) in [7, 11) is 1.92. The SMILES string of the molecule is CC(Sc1nnc(C2COc3ccccc3O2)n1C)c1ccc(F)cc1. The van der Waals surface area contributed by atoms with Crippen molar-refractivity contribution in [1.82, 2.24) is 14.8 Å². The predicted molar refractivity (Wildman–Crippen MR) is 97.0 cm³/mol. The molecule has 0 N–H and O–H groups in total. The molecule has 3 aromatic rings. The van der Waals surface area contributed by atoms with Crippen LogP contribution in [0.15, 0.2) is 53.7 Å². The Balaban J connectivity index is 1.51. The van der Waals surface area contributed by atoms with E-state index in [4.69, 9.17) is 9.47 Å². The Hall–Kier alpha value is -2.54. The van der Waals surface area contributed by atoms with Crippen LogP contribution in [-0.4, -0.2) is 21.4 Å². The van der Waals surface area contributed by atoms with Crippen molar-refractivity contribution < 1.29 is 13.9 Å². The molecule has 0 amide bonds. The number of rotatable bonds is 4. The number of para-hydroxylation sites is 2. The van der Waals surface area contributed by atoms with Gasteiger partial charge in [-0.2, -0.15) is 0 Å². The lowest BCUT2D eigenvalue weighted by Gasteiger charge is -2.25. The van der Waals surface area contributed by atoms with Crippen LogP contribution in [0.1, 0.15) is 29.7 Å². The van der Waals surface area contributed by atoms with Gasteiger partial charge in [-0.05, 0) is 36.8 Å². The van der Waals surface area contributed by atoms with E-state index >= 15 is 0 Å². The Bertz CT molecular complexity index is 913. The fraction of sp³-hybridized carbons (Fsp3) is 0.263. The number of thioether (sulfide) groups is 1. The average molecular weight is 371 g/mol. The number of benzene rings is 2. The van der Waals surface area contributed by atoms with Crippen LogP contribution < -0.4 is 9.47 Å². The first-order valence-electron chi connectivity index (χ1n) is 8.31. The predicted octanol–water partition coefficient (Wildman–Crippen LogP) is 4.32. The van der Waals surface area contributed by atoms with Crippen LogP contribution in [0.5, 0.6) is 11.5 Å². The summed E-state index contributed by atoms with van der Waals surface area (Å²) in [6.07, 6.45) is -0.308. The van der Waals surface area contributed by atoms with Crippen LogP contribution >= 0.6 is 11.8 Å². The molecule has 1 aliphatic rings. The highest BCUT2D eigenvalue weighted by atomic mass is 32.2. The molecule has 5 nitrogen and oxygen atoms in total. The second kappa shape index (κ2) is 6.99. The highest BCUT2D eigenvalue weighted by Crippen LogP contribution is 2.37. The number of aromatic nitrogens is 3. The zero-order valence-corrected chi connectivity index (χ0v) is 15.2. The van der Waals surface area contributed by atoms with Gasteiger partial charge in [0.1, 0.15) is 12.4 Å². The number of nitrogens with zero attached hydrogens (tertiary/aromatic N) is 3. The van der Waals surface area contributed by atoms with Crippen LogP contribution in [0, 0.1) is 5.82 Å². The van der Waals surface area contributed by atoms with E-state index in [-0.39, 0.29) is 17.2 Å². The smallest absolute Gasteiger partial charge is 0.192 e. The maximum absolute atomic E-state index is 13.1. The molecule has 0 spiro atoms. The summed E-state index contributed by atoms with van der Waals surface area (Å²) in [4.78, 5) is 0. The average Bonchev–Trinajstić information content (AvgIpc) is 3.02. The molecule has 0 saturated carbocycles. The van der Waals surface area contributed by atoms with Crippen molar-refractivity contribution in [1.29, 1.82) is 0 Å². The van der Waals surface area contributed by atoms with Gasteiger partial charge < -0.3 is 14.0 Å². The van der Waals surface area contributed by atoms with Gasteiger partial charge in [0, 0.05) is 12.3 Å². The molecule has 2 aromatic carbocycles. The van der Waals surface area contributed by atoms with Gasteiger partial charge in [-0.3, -0.25) is 0 Å². The normalized spacial score (nSPS) is 17.1. The number of halogens is 1. The van der Waals surface area contributed by atoms with E-state index in [0.29, 0.717) is 18.2 Å². The van der Waals surface area contributed by atoms with E-state index in [1.54, 1.807) is 23.9 Å². The number of fused-ring (bicyclic) bond motifs is 1. The molecular weight excluding hydrogens is 353 g/mol. The summed E-state index contributed by atoms with van der Waals surface area (Å²) in [6.45, 7) is 2.45. The van der Waals surface area contributed by atoms with Crippen molar-refractivity contribution in [3.63, 3.8) is 0 Å². The van der Waals surface area contributed by atoms with Crippen molar-refractivity contribution in [3.05, 3.63) is 65.7 Å². The Labute approximate surface area is 155 Å². The first-order valence-corrected chi connectivity index (χ1v) is 9.19. The molecule has 1 aliphatic heterocycles. The summed E-state index contributed by atoms with van der Waals surface area (Å²) < 4.78 is 26.8. The van der Waals surface area contributed by atoms with E-state index in [0.717, 1.165) is 16.5 Å². The standard InChI is InChI=1S/C19H18FN3O2S/c1-12(13-7-9-14(20)10-8-13)26-19-22-21-18(23(19)2)17-11-24-15-5-3-4-6-16(15)25-17/h3-10,12,17H,11H2,1-2H3. The van der Waals surface area contributed by atoms with Gasteiger partial charge in [0.05, 0.1) is 0 Å². The minimum atomic E-state index is -0.308. The Kier molecular flexibility index (Phi) is 4.55. The fourth-order valence-corrected chi connectivity index (χ4v) is 3.76. The van der Waals surface area contributed by atoms with Crippen LogP contribution in [0.2, 0.25) is 0 Å². The molecule has 2 heterocycles. The molecule has 0 radical (unpaired) electrons. The first kappa shape index (κ1) is 16.9. The summed E-state index contributed by atoms with van der Waals surface area (Å²) in [5, 5.41) is 9.49. The van der Waals surface area contributed by atoms with Gasteiger partial charge >= 0.3 is 0 Å². The number of ether oxygens (including phenoxy) is 2. The van der Waals surface area contributed by atoms with Crippen LogP contribution in [-0.2, 0) is 7.05 Å². The van der Waals surface area contributed by atoms with Crippen molar-refractivity contribution in [2.45, 2.75) is 23.4 Å². The summed E-state index contributed by atoms with van der Waals surface area (Å²) in [6, 6.07) is 14.1. The minimum absolute atomic E-state index is 0.121. The van der Waals surface area contributed by atoms with E-state index in [9.17, 15) is 4.39 Å². The Morgan fingerprint density at radius 1 is 1.12 bits per heavy atom. The third-order valence-electron chi connectivity index (χ3n) is 4.29. The molecule has 2 unspecified atom stereocenters. The molecule has 26 heavy (non-hydrogen) atoms. The molecule has 0 aliphatic carbocycles. The zero-order chi connectivity index (χ0) is 18.1. The third-order valence-corrected chi connectivity index (χ3v) is 5.48. The zero-order valence-electron chi connectivity index (χ0n) is 14.4. The molecule has 4 rings (SSSR count). The van der Waals surface area contributed by atoms with E-state index in [1.165, 1.54) is 12.1 Å². The Morgan fingerprint density at radius 2 is 1.85 bits per heavy atom. The van der Waals surface area contributed by atoms with E-state index in [1.807, 2.05) is 35.9 Å². The molecule has 2 atom stereocenters. The molecule has 1 aromatic heterocycles. The van der Waals surface area contributed by atoms with Crippen LogP contribution in [0.3, 0.4) is 0 Å². The quantitative estimate of drug-likeness (QED) is 0.639. The molecule has 0 bridgehead atoms. The van der Waals surface area contributed by atoms with Crippen molar-refractivity contribution >= 4 is 11.8 Å². The summed E-state index contributed by atoms with van der Waals surface area (Å²) >= 11 is 1.57. The molecule has 7 heteroatoms. The van der Waals surface area contributed by atoms with Gasteiger partial charge in [0.15, 0.2) is 28.6 Å². The van der Waals surface area contributed by atoms with Gasteiger partial charge in [-0.15, -0.1) is 10.2 Å². The highest BCUT2D eigenvalue weighted by Gasteiger charge is 2.27. The molecule has 0 saturated heterocycles. The van der Waals surface area contributed by atoms with Crippen LogP contribution in [0.25, 0.3) is 0 Å². The van der Waals surface area contributed by atoms with Gasteiger partial charge in [-0.25, -0.2) is 4.39 Å².